The van der Waals surface area contributed by atoms with E-state index in [0.29, 0.717) is 20.9 Å². The van der Waals surface area contributed by atoms with Crippen molar-refractivity contribution in [3.05, 3.63) is 90.6 Å². The molecule has 0 aliphatic carbocycles. The van der Waals surface area contributed by atoms with Crippen LogP contribution in [-0.2, 0) is 11.3 Å². The Bertz CT molecular complexity index is 1390. The fourth-order valence-corrected chi connectivity index (χ4v) is 4.15. The Morgan fingerprint density at radius 2 is 1.80 bits per heavy atom. The van der Waals surface area contributed by atoms with Crippen LogP contribution in [0, 0.1) is 5.82 Å². The van der Waals surface area contributed by atoms with Gasteiger partial charge in [0.2, 0.25) is 5.91 Å². The van der Waals surface area contributed by atoms with Crippen LogP contribution in [0.15, 0.2) is 63.5 Å². The molecule has 1 N–H and O–H groups in total. The second-order valence-corrected chi connectivity index (χ2v) is 8.05. The minimum Gasteiger partial charge on any atom is -0.323 e. The molecule has 0 aliphatic rings. The number of rotatable bonds is 4. The maximum Gasteiger partial charge on any atom is 0.336 e. The van der Waals surface area contributed by atoms with Crippen LogP contribution in [0.2, 0.25) is 10.0 Å². The summed E-state index contributed by atoms with van der Waals surface area (Å²) in [6, 6.07) is 11.4. The number of nitrogens with zero attached hydrogens (tertiary/aromatic N) is 2. The van der Waals surface area contributed by atoms with E-state index in [1.807, 2.05) is 0 Å². The molecule has 0 aliphatic heterocycles. The molecule has 152 valence electrons. The predicted octanol–water partition coefficient (Wildman–Crippen LogP) is 4.30. The number of hydrogen-bond donors (Lipinski definition) is 1. The van der Waals surface area contributed by atoms with Crippen molar-refractivity contribution in [1.82, 2.24) is 9.13 Å². The Hall–Kier alpha value is -2.94. The van der Waals surface area contributed by atoms with Crippen molar-refractivity contribution in [1.29, 1.82) is 0 Å². The smallest absolute Gasteiger partial charge is 0.323 e. The second kappa shape index (κ2) is 8.06. The van der Waals surface area contributed by atoms with Gasteiger partial charge in [-0.25, -0.2) is 13.8 Å². The molecule has 0 saturated carbocycles. The van der Waals surface area contributed by atoms with E-state index in [0.717, 1.165) is 16.7 Å². The number of carbonyl (C=O) groups is 1. The van der Waals surface area contributed by atoms with Gasteiger partial charge in [0.1, 0.15) is 17.1 Å². The highest BCUT2D eigenvalue weighted by molar-refractivity contribution is 7.17. The Balaban J connectivity index is 1.78. The van der Waals surface area contributed by atoms with Crippen molar-refractivity contribution >= 4 is 56.3 Å². The van der Waals surface area contributed by atoms with Crippen molar-refractivity contribution in [3.8, 4) is 5.69 Å². The van der Waals surface area contributed by atoms with Crippen LogP contribution in [0.5, 0.6) is 0 Å². The number of thiophene rings is 1. The van der Waals surface area contributed by atoms with Gasteiger partial charge in [-0.1, -0.05) is 23.2 Å². The van der Waals surface area contributed by atoms with E-state index in [-0.39, 0.29) is 17.3 Å². The molecule has 4 rings (SSSR count). The number of amides is 1. The lowest BCUT2D eigenvalue weighted by molar-refractivity contribution is -0.116. The van der Waals surface area contributed by atoms with Crippen molar-refractivity contribution < 1.29 is 9.18 Å². The Kier molecular flexibility index (Phi) is 5.46. The first-order valence-electron chi connectivity index (χ1n) is 8.59. The van der Waals surface area contributed by atoms with Crippen LogP contribution in [0.3, 0.4) is 0 Å². The SMILES string of the molecule is O=C(Cn1c(=O)n(-c2ccc(Cl)cc2)c(=O)c2sccc21)Nc1ccc(F)cc1Cl. The van der Waals surface area contributed by atoms with Gasteiger partial charge in [-0.15, -0.1) is 11.3 Å². The van der Waals surface area contributed by atoms with E-state index in [4.69, 9.17) is 23.2 Å². The van der Waals surface area contributed by atoms with Crippen LogP contribution in [0.25, 0.3) is 15.9 Å². The molecule has 0 unspecified atom stereocenters. The average Bonchev–Trinajstić information content (AvgIpc) is 3.19. The summed E-state index contributed by atoms with van der Waals surface area (Å²) < 4.78 is 15.7. The molecule has 2 aromatic heterocycles. The molecule has 6 nitrogen and oxygen atoms in total. The van der Waals surface area contributed by atoms with Gasteiger partial charge in [0, 0.05) is 5.02 Å². The van der Waals surface area contributed by atoms with E-state index < -0.39 is 23.0 Å². The topological polar surface area (TPSA) is 73.1 Å². The highest BCUT2D eigenvalue weighted by Crippen LogP contribution is 2.23. The zero-order valence-corrected chi connectivity index (χ0v) is 17.4. The molecule has 10 heteroatoms. The Morgan fingerprint density at radius 3 is 2.50 bits per heavy atom. The number of hydrogen-bond acceptors (Lipinski definition) is 4. The third kappa shape index (κ3) is 3.77. The molecule has 1 amide bonds. The molecule has 2 heterocycles. The van der Waals surface area contributed by atoms with Crippen LogP contribution in [-0.4, -0.2) is 15.0 Å². The molecule has 0 atom stereocenters. The third-order valence-corrected chi connectivity index (χ3v) is 5.80. The van der Waals surface area contributed by atoms with Gasteiger partial charge in [0.15, 0.2) is 0 Å². The summed E-state index contributed by atoms with van der Waals surface area (Å²) in [5.74, 6) is -1.09. The Morgan fingerprint density at radius 1 is 1.07 bits per heavy atom. The van der Waals surface area contributed by atoms with Gasteiger partial charge in [-0.2, -0.15) is 0 Å². The minimum absolute atomic E-state index is 0.0301. The van der Waals surface area contributed by atoms with Crippen molar-refractivity contribution in [2.24, 2.45) is 0 Å². The van der Waals surface area contributed by atoms with E-state index in [9.17, 15) is 18.8 Å². The highest BCUT2D eigenvalue weighted by atomic mass is 35.5. The van der Waals surface area contributed by atoms with Crippen molar-refractivity contribution in [3.63, 3.8) is 0 Å². The molecular weight excluding hydrogens is 452 g/mol. The standard InChI is InChI=1S/C20H12Cl2FN3O3S/c21-11-1-4-13(5-2-11)26-19(28)18-16(7-8-30-18)25(20(26)29)10-17(27)24-15-6-3-12(23)9-14(15)22/h1-9H,10H2,(H,24,27). The van der Waals surface area contributed by atoms with E-state index in [1.54, 1.807) is 35.7 Å². The van der Waals surface area contributed by atoms with E-state index in [1.165, 1.54) is 22.0 Å². The lowest BCUT2D eigenvalue weighted by atomic mass is 10.3. The number of carbonyl (C=O) groups excluding carboxylic acids is 1. The van der Waals surface area contributed by atoms with Gasteiger partial charge < -0.3 is 5.32 Å². The fourth-order valence-electron chi connectivity index (χ4n) is 2.98. The summed E-state index contributed by atoms with van der Waals surface area (Å²) >= 11 is 13.0. The minimum atomic E-state index is -0.673. The first-order chi connectivity index (χ1) is 14.3. The molecule has 0 spiro atoms. The molecule has 0 bridgehead atoms. The van der Waals surface area contributed by atoms with Gasteiger partial charge >= 0.3 is 5.69 Å². The molecule has 30 heavy (non-hydrogen) atoms. The maximum absolute atomic E-state index is 13.2. The van der Waals surface area contributed by atoms with Gasteiger partial charge in [-0.3, -0.25) is 14.2 Å². The molecule has 0 fully saturated rings. The van der Waals surface area contributed by atoms with Crippen LogP contribution < -0.4 is 16.6 Å². The second-order valence-electron chi connectivity index (χ2n) is 6.29. The maximum atomic E-state index is 13.2. The number of nitrogens with one attached hydrogen (secondary N) is 1. The molecular formula is C20H12Cl2FN3O3S. The highest BCUT2D eigenvalue weighted by Gasteiger charge is 2.18. The number of aromatic nitrogens is 2. The van der Waals surface area contributed by atoms with Crippen molar-refractivity contribution in [2.45, 2.75) is 6.54 Å². The fraction of sp³-hybridized carbons (Fsp3) is 0.0500. The number of benzene rings is 2. The summed E-state index contributed by atoms with van der Waals surface area (Å²) in [5, 5.41) is 4.71. The number of halogens is 3. The molecule has 4 aromatic rings. The lowest BCUT2D eigenvalue weighted by Gasteiger charge is -2.13. The van der Waals surface area contributed by atoms with Gasteiger partial charge in [0.25, 0.3) is 5.56 Å². The molecule has 2 aromatic carbocycles. The number of fused-ring (bicyclic) bond motifs is 1. The zero-order chi connectivity index (χ0) is 21.4. The lowest BCUT2D eigenvalue weighted by Crippen LogP contribution is -2.40. The van der Waals surface area contributed by atoms with Crippen LogP contribution in [0.1, 0.15) is 0 Å². The largest absolute Gasteiger partial charge is 0.336 e. The third-order valence-electron chi connectivity index (χ3n) is 4.35. The van der Waals surface area contributed by atoms with E-state index >= 15 is 0 Å². The summed E-state index contributed by atoms with van der Waals surface area (Å²) in [6.45, 7) is -0.367. The molecule has 0 radical (unpaired) electrons. The summed E-state index contributed by atoms with van der Waals surface area (Å²) in [4.78, 5) is 38.6. The van der Waals surface area contributed by atoms with Gasteiger partial charge in [-0.05, 0) is 53.9 Å². The normalized spacial score (nSPS) is 11.0. The quantitative estimate of drug-likeness (QED) is 0.490. The van der Waals surface area contributed by atoms with Crippen LogP contribution in [0.4, 0.5) is 10.1 Å². The number of anilines is 1. The summed E-state index contributed by atoms with van der Waals surface area (Å²) in [7, 11) is 0. The first-order valence-corrected chi connectivity index (χ1v) is 10.2. The van der Waals surface area contributed by atoms with Gasteiger partial charge in [0.05, 0.1) is 21.9 Å². The average molecular weight is 464 g/mol. The Labute approximate surface area is 182 Å². The van der Waals surface area contributed by atoms with Crippen LogP contribution >= 0.6 is 34.5 Å². The summed E-state index contributed by atoms with van der Waals surface area (Å²) in [6.07, 6.45) is 0. The van der Waals surface area contributed by atoms with Crippen molar-refractivity contribution in [2.75, 3.05) is 5.32 Å². The van der Waals surface area contributed by atoms with E-state index in [2.05, 4.69) is 5.32 Å². The monoisotopic (exact) mass is 463 g/mol. The summed E-state index contributed by atoms with van der Waals surface area (Å²) in [5.41, 5.74) is -0.260. The molecule has 0 saturated heterocycles. The zero-order valence-electron chi connectivity index (χ0n) is 15.1. The predicted molar refractivity (Wildman–Crippen MR) is 117 cm³/mol. The first kappa shape index (κ1) is 20.3.